The van der Waals surface area contributed by atoms with Gasteiger partial charge in [-0.3, -0.25) is 5.10 Å². The van der Waals surface area contributed by atoms with E-state index in [4.69, 9.17) is 9.47 Å². The molecule has 3 rings (SSSR count). The Balaban J connectivity index is 1.34. The summed E-state index contributed by atoms with van der Waals surface area (Å²) in [4.78, 5) is 4.56. The maximum absolute atomic E-state index is 5.71. The number of nitrogens with zero attached hydrogens (tertiary/aromatic N) is 2. The van der Waals surface area contributed by atoms with E-state index in [0.29, 0.717) is 6.61 Å². The maximum atomic E-state index is 5.71. The number of aromatic amines is 1. The van der Waals surface area contributed by atoms with Crippen LogP contribution in [0.1, 0.15) is 37.9 Å². The number of benzene rings is 1. The predicted molar refractivity (Wildman–Crippen MR) is 95.9 cm³/mol. The summed E-state index contributed by atoms with van der Waals surface area (Å²) in [7, 11) is 1.66. The quantitative estimate of drug-likeness (QED) is 0.546. The van der Waals surface area contributed by atoms with Crippen LogP contribution in [0.25, 0.3) is 0 Å². The molecule has 6 heteroatoms. The molecule has 0 amide bonds. The highest BCUT2D eigenvalue weighted by molar-refractivity contribution is 7.99. The summed E-state index contributed by atoms with van der Waals surface area (Å²) in [5.74, 6) is 4.42. The minimum absolute atomic E-state index is 0.628. The van der Waals surface area contributed by atoms with Crippen molar-refractivity contribution in [1.82, 2.24) is 15.2 Å². The average molecular weight is 347 g/mol. The molecule has 0 saturated heterocycles. The van der Waals surface area contributed by atoms with Gasteiger partial charge in [0.25, 0.3) is 0 Å². The highest BCUT2D eigenvalue weighted by atomic mass is 32.2. The van der Waals surface area contributed by atoms with Crippen LogP contribution >= 0.6 is 11.8 Å². The van der Waals surface area contributed by atoms with Crippen LogP contribution in [0.3, 0.4) is 0 Å². The molecular weight excluding hydrogens is 322 g/mol. The number of aromatic nitrogens is 3. The minimum atomic E-state index is 0.628. The van der Waals surface area contributed by atoms with Crippen molar-refractivity contribution in [3.63, 3.8) is 0 Å². The predicted octanol–water partition coefficient (Wildman–Crippen LogP) is 4.11. The molecule has 0 aliphatic heterocycles. The molecule has 1 aromatic carbocycles. The molecule has 1 aliphatic rings. The van der Waals surface area contributed by atoms with Gasteiger partial charge in [0.15, 0.2) is 0 Å². The zero-order valence-corrected chi connectivity index (χ0v) is 15.0. The van der Waals surface area contributed by atoms with E-state index in [-0.39, 0.29) is 0 Å². The van der Waals surface area contributed by atoms with Crippen LogP contribution in [-0.2, 0) is 6.42 Å². The number of ether oxygens (including phenoxy) is 2. The van der Waals surface area contributed by atoms with Gasteiger partial charge in [-0.1, -0.05) is 37.4 Å². The van der Waals surface area contributed by atoms with Gasteiger partial charge in [-0.2, -0.15) is 0 Å². The van der Waals surface area contributed by atoms with Crippen molar-refractivity contribution >= 4 is 11.8 Å². The highest BCUT2D eigenvalue weighted by Crippen LogP contribution is 2.28. The van der Waals surface area contributed by atoms with Crippen LogP contribution in [0, 0.1) is 5.92 Å². The standard InChI is InChI=1S/C18H25N3O2S/c1-22-15-7-9-16(10-8-15)23-12-13-24-18-19-17(20-21-18)11-6-14-4-2-3-5-14/h7-10,14H,2-6,11-13H2,1H3,(H,19,20,21). The lowest BCUT2D eigenvalue weighted by molar-refractivity contribution is 0.342. The van der Waals surface area contributed by atoms with Gasteiger partial charge in [0.05, 0.1) is 13.7 Å². The van der Waals surface area contributed by atoms with Gasteiger partial charge < -0.3 is 9.47 Å². The van der Waals surface area contributed by atoms with E-state index in [1.54, 1.807) is 18.9 Å². The van der Waals surface area contributed by atoms with Gasteiger partial charge in [-0.25, -0.2) is 4.98 Å². The van der Waals surface area contributed by atoms with Crippen molar-refractivity contribution in [2.75, 3.05) is 19.5 Å². The van der Waals surface area contributed by atoms with Crippen molar-refractivity contribution in [1.29, 1.82) is 0 Å². The Morgan fingerprint density at radius 1 is 1.17 bits per heavy atom. The second kappa shape index (κ2) is 8.97. The van der Waals surface area contributed by atoms with Crippen LogP contribution in [0.5, 0.6) is 11.5 Å². The maximum Gasteiger partial charge on any atom is 0.208 e. The van der Waals surface area contributed by atoms with Crippen LogP contribution in [0.15, 0.2) is 29.4 Å². The molecule has 0 unspecified atom stereocenters. The van der Waals surface area contributed by atoms with E-state index in [0.717, 1.165) is 40.6 Å². The molecule has 5 nitrogen and oxygen atoms in total. The topological polar surface area (TPSA) is 60.0 Å². The first-order valence-electron chi connectivity index (χ1n) is 8.64. The van der Waals surface area contributed by atoms with Crippen molar-refractivity contribution < 1.29 is 9.47 Å². The molecule has 130 valence electrons. The molecule has 0 radical (unpaired) electrons. The highest BCUT2D eigenvalue weighted by Gasteiger charge is 2.15. The Kier molecular flexibility index (Phi) is 6.41. The molecule has 1 fully saturated rings. The molecule has 1 N–H and O–H groups in total. The molecule has 0 bridgehead atoms. The number of methoxy groups -OCH3 is 1. The Hall–Kier alpha value is -1.69. The van der Waals surface area contributed by atoms with Gasteiger partial charge in [0, 0.05) is 12.2 Å². The number of rotatable bonds is 9. The largest absolute Gasteiger partial charge is 0.497 e. The van der Waals surface area contributed by atoms with E-state index in [2.05, 4.69) is 15.2 Å². The number of hydrogen-bond donors (Lipinski definition) is 1. The Morgan fingerprint density at radius 2 is 1.92 bits per heavy atom. The van der Waals surface area contributed by atoms with Gasteiger partial charge >= 0.3 is 0 Å². The fourth-order valence-electron chi connectivity index (χ4n) is 3.06. The molecule has 0 atom stereocenters. The zero-order valence-electron chi connectivity index (χ0n) is 14.2. The lowest BCUT2D eigenvalue weighted by atomic mass is 10.0. The SMILES string of the molecule is COc1ccc(OCCSc2n[nH]c(CCC3CCCC3)n2)cc1. The second-order valence-corrected chi connectivity index (χ2v) is 7.19. The summed E-state index contributed by atoms with van der Waals surface area (Å²) >= 11 is 1.62. The van der Waals surface area contributed by atoms with Crippen LogP contribution in [0.4, 0.5) is 0 Å². The van der Waals surface area contributed by atoms with E-state index in [9.17, 15) is 0 Å². The average Bonchev–Trinajstić information content (AvgIpc) is 3.29. The summed E-state index contributed by atoms with van der Waals surface area (Å²) < 4.78 is 10.8. The third-order valence-corrected chi connectivity index (χ3v) is 5.23. The normalized spacial score (nSPS) is 14.9. The van der Waals surface area contributed by atoms with Crippen molar-refractivity contribution in [2.24, 2.45) is 5.92 Å². The van der Waals surface area contributed by atoms with Gasteiger partial charge in [-0.05, 0) is 36.6 Å². The summed E-state index contributed by atoms with van der Waals surface area (Å²) in [6.45, 7) is 0.628. The second-order valence-electron chi connectivity index (χ2n) is 6.13. The summed E-state index contributed by atoms with van der Waals surface area (Å²) in [5, 5.41) is 8.16. The smallest absolute Gasteiger partial charge is 0.208 e. The number of H-pyrrole nitrogens is 1. The van der Waals surface area contributed by atoms with Crippen LogP contribution in [-0.4, -0.2) is 34.7 Å². The number of thioether (sulfide) groups is 1. The minimum Gasteiger partial charge on any atom is -0.497 e. The van der Waals surface area contributed by atoms with Gasteiger partial charge in [-0.15, -0.1) is 5.10 Å². The summed E-state index contributed by atoms with van der Waals surface area (Å²) in [5.41, 5.74) is 0. The number of hydrogen-bond acceptors (Lipinski definition) is 5. The third kappa shape index (κ3) is 5.16. The van der Waals surface area contributed by atoms with E-state index in [1.807, 2.05) is 24.3 Å². The van der Waals surface area contributed by atoms with Gasteiger partial charge in [0.2, 0.25) is 5.16 Å². The van der Waals surface area contributed by atoms with Crippen molar-refractivity contribution in [3.05, 3.63) is 30.1 Å². The molecular formula is C18H25N3O2S. The van der Waals surface area contributed by atoms with Crippen molar-refractivity contribution in [3.8, 4) is 11.5 Å². The Bertz CT molecular complexity index is 609. The third-order valence-electron chi connectivity index (χ3n) is 4.42. The monoisotopic (exact) mass is 347 g/mol. The fraction of sp³-hybridized carbons (Fsp3) is 0.556. The molecule has 24 heavy (non-hydrogen) atoms. The summed E-state index contributed by atoms with van der Waals surface area (Å²) in [6.07, 6.45) is 7.82. The first-order valence-corrected chi connectivity index (χ1v) is 9.63. The zero-order chi connectivity index (χ0) is 16.6. The van der Waals surface area contributed by atoms with Crippen LogP contribution < -0.4 is 9.47 Å². The van der Waals surface area contributed by atoms with Gasteiger partial charge in [0.1, 0.15) is 17.3 Å². The van der Waals surface area contributed by atoms with E-state index < -0.39 is 0 Å². The summed E-state index contributed by atoms with van der Waals surface area (Å²) in [6, 6.07) is 7.62. The molecule has 1 saturated carbocycles. The fourth-order valence-corrected chi connectivity index (χ4v) is 3.69. The first-order chi connectivity index (χ1) is 11.8. The lowest BCUT2D eigenvalue weighted by Crippen LogP contribution is -2.00. The number of aryl methyl sites for hydroxylation is 1. The Labute approximate surface area is 147 Å². The molecule has 2 aromatic rings. The lowest BCUT2D eigenvalue weighted by Gasteiger charge is -2.06. The van der Waals surface area contributed by atoms with E-state index >= 15 is 0 Å². The van der Waals surface area contributed by atoms with Crippen LogP contribution in [0.2, 0.25) is 0 Å². The molecule has 1 heterocycles. The molecule has 1 aromatic heterocycles. The van der Waals surface area contributed by atoms with E-state index in [1.165, 1.54) is 32.1 Å². The first kappa shape index (κ1) is 17.1. The Morgan fingerprint density at radius 3 is 2.67 bits per heavy atom. The molecule has 1 aliphatic carbocycles. The number of nitrogens with one attached hydrogen (secondary N) is 1. The van der Waals surface area contributed by atoms with Crippen molar-refractivity contribution in [2.45, 2.75) is 43.7 Å². The molecule has 0 spiro atoms.